The molecule has 7 heteroatoms. The molecule has 30 heavy (non-hydrogen) atoms. The maximum Gasteiger partial charge on any atom is 0.319 e. The van der Waals surface area contributed by atoms with Crippen molar-refractivity contribution in [3.63, 3.8) is 0 Å². The van der Waals surface area contributed by atoms with Crippen LogP contribution in [0, 0.1) is 11.3 Å². The highest BCUT2D eigenvalue weighted by atomic mass is 16.2. The van der Waals surface area contributed by atoms with E-state index in [9.17, 15) is 9.59 Å². The maximum absolute atomic E-state index is 12.5. The van der Waals surface area contributed by atoms with Crippen molar-refractivity contribution in [3.05, 3.63) is 95.1 Å². The molecular weight excluding hydrogens is 378 g/mol. The first kappa shape index (κ1) is 20.6. The largest absolute Gasteiger partial charge is 0.334 e. The van der Waals surface area contributed by atoms with Crippen molar-refractivity contribution in [2.24, 2.45) is 5.73 Å². The number of nitrogens with zero attached hydrogens (tertiary/aromatic N) is 1. The minimum Gasteiger partial charge on any atom is -0.334 e. The first-order chi connectivity index (χ1) is 14.6. The average molecular weight is 399 g/mol. The minimum absolute atomic E-state index is 0.243. The molecule has 0 radical (unpaired) electrons. The van der Waals surface area contributed by atoms with Crippen molar-refractivity contribution in [1.29, 1.82) is 5.26 Å². The Hall–Kier alpha value is -4.15. The second-order valence-corrected chi connectivity index (χ2v) is 6.56. The van der Waals surface area contributed by atoms with Crippen molar-refractivity contribution in [1.82, 2.24) is 5.32 Å². The van der Waals surface area contributed by atoms with Crippen molar-refractivity contribution in [2.75, 3.05) is 10.6 Å². The summed E-state index contributed by atoms with van der Waals surface area (Å²) >= 11 is 0. The van der Waals surface area contributed by atoms with E-state index in [4.69, 9.17) is 11.0 Å². The summed E-state index contributed by atoms with van der Waals surface area (Å²) in [5.41, 5.74) is 9.61. The van der Waals surface area contributed by atoms with Crippen molar-refractivity contribution < 1.29 is 9.59 Å². The predicted octanol–water partition coefficient (Wildman–Crippen LogP) is 3.59. The number of hydrogen-bond donors (Lipinski definition) is 4. The molecule has 5 N–H and O–H groups in total. The third-order valence-electron chi connectivity index (χ3n) is 4.33. The number of nitrogens with two attached hydrogens (primary N) is 1. The number of nitrogens with one attached hydrogen (secondary N) is 3. The van der Waals surface area contributed by atoms with Gasteiger partial charge in [-0.05, 0) is 59.7 Å². The van der Waals surface area contributed by atoms with Crippen LogP contribution in [0.1, 0.15) is 27.0 Å². The highest BCUT2D eigenvalue weighted by Crippen LogP contribution is 2.13. The molecule has 0 bridgehead atoms. The molecule has 3 amide bonds. The molecule has 0 aliphatic rings. The Balaban J connectivity index is 1.57. The summed E-state index contributed by atoms with van der Waals surface area (Å²) in [4.78, 5) is 24.6. The quantitative estimate of drug-likeness (QED) is 0.506. The van der Waals surface area contributed by atoms with Crippen LogP contribution in [-0.2, 0) is 13.1 Å². The number of carbonyl (C=O) groups excluding carboxylic acids is 2. The molecule has 3 rings (SSSR count). The van der Waals surface area contributed by atoms with E-state index < -0.39 is 0 Å². The molecule has 0 spiro atoms. The fourth-order valence-corrected chi connectivity index (χ4v) is 2.79. The van der Waals surface area contributed by atoms with E-state index in [2.05, 4.69) is 16.0 Å². The molecule has 0 aliphatic heterocycles. The number of nitriles is 1. The number of hydrogen-bond acceptors (Lipinski definition) is 4. The number of anilines is 2. The molecule has 0 unspecified atom stereocenters. The molecular formula is C23H21N5O2. The van der Waals surface area contributed by atoms with Gasteiger partial charge in [0.1, 0.15) is 0 Å². The summed E-state index contributed by atoms with van der Waals surface area (Å²) in [6.07, 6.45) is 0. The number of rotatable bonds is 6. The summed E-state index contributed by atoms with van der Waals surface area (Å²) < 4.78 is 0. The SMILES string of the molecule is N#Cc1ccc(NC(=O)NCc2cccc(C(=O)Nc3cccc(CN)c3)c2)cc1. The van der Waals surface area contributed by atoms with Crippen LogP contribution in [0.3, 0.4) is 0 Å². The van der Waals surface area contributed by atoms with Gasteiger partial charge in [0.25, 0.3) is 5.91 Å². The van der Waals surface area contributed by atoms with Crippen LogP contribution >= 0.6 is 0 Å². The van der Waals surface area contributed by atoms with Crippen LogP contribution in [0.2, 0.25) is 0 Å². The van der Waals surface area contributed by atoms with E-state index in [1.165, 1.54) is 0 Å². The molecule has 7 nitrogen and oxygen atoms in total. The van der Waals surface area contributed by atoms with Crippen LogP contribution in [0.5, 0.6) is 0 Å². The van der Waals surface area contributed by atoms with Crippen LogP contribution in [0.25, 0.3) is 0 Å². The zero-order valence-electron chi connectivity index (χ0n) is 16.2. The van der Waals surface area contributed by atoms with E-state index in [1.54, 1.807) is 48.5 Å². The van der Waals surface area contributed by atoms with Gasteiger partial charge in [-0.1, -0.05) is 24.3 Å². The summed E-state index contributed by atoms with van der Waals surface area (Å²) in [6.45, 7) is 0.654. The fraction of sp³-hybridized carbons (Fsp3) is 0.0870. The second-order valence-electron chi connectivity index (χ2n) is 6.56. The molecule has 0 saturated carbocycles. The summed E-state index contributed by atoms with van der Waals surface area (Å²) in [7, 11) is 0. The molecule has 0 aliphatic carbocycles. The van der Waals surface area contributed by atoms with Gasteiger partial charge in [-0.15, -0.1) is 0 Å². The third-order valence-corrected chi connectivity index (χ3v) is 4.33. The van der Waals surface area contributed by atoms with Crippen LogP contribution < -0.4 is 21.7 Å². The van der Waals surface area contributed by atoms with E-state index in [1.807, 2.05) is 30.3 Å². The van der Waals surface area contributed by atoms with Crippen LogP contribution in [0.15, 0.2) is 72.8 Å². The lowest BCUT2D eigenvalue weighted by Crippen LogP contribution is -2.28. The Labute approximate surface area is 174 Å². The summed E-state index contributed by atoms with van der Waals surface area (Å²) in [5.74, 6) is -0.243. The summed E-state index contributed by atoms with van der Waals surface area (Å²) in [6, 6.07) is 22.6. The van der Waals surface area contributed by atoms with Crippen molar-refractivity contribution >= 4 is 23.3 Å². The van der Waals surface area contributed by atoms with Gasteiger partial charge in [0.2, 0.25) is 0 Å². The molecule has 0 aromatic heterocycles. The van der Waals surface area contributed by atoms with Gasteiger partial charge in [0.15, 0.2) is 0 Å². The molecule has 0 saturated heterocycles. The Kier molecular flexibility index (Phi) is 6.77. The lowest BCUT2D eigenvalue weighted by molar-refractivity contribution is 0.102. The Morgan fingerprint density at radius 2 is 1.60 bits per heavy atom. The normalized spacial score (nSPS) is 10.0. The number of carbonyl (C=O) groups is 2. The van der Waals surface area contributed by atoms with Gasteiger partial charge in [-0.25, -0.2) is 4.79 Å². The molecule has 0 fully saturated rings. The van der Waals surface area contributed by atoms with Crippen molar-refractivity contribution in [3.8, 4) is 6.07 Å². The smallest absolute Gasteiger partial charge is 0.319 e. The van der Waals surface area contributed by atoms with Gasteiger partial charge in [0.05, 0.1) is 11.6 Å². The third kappa shape index (κ3) is 5.67. The zero-order valence-corrected chi connectivity index (χ0v) is 16.2. The van der Waals surface area contributed by atoms with Gasteiger partial charge < -0.3 is 21.7 Å². The Bertz CT molecular complexity index is 1090. The number of benzene rings is 3. The number of amides is 3. The highest BCUT2D eigenvalue weighted by molar-refractivity contribution is 6.04. The van der Waals surface area contributed by atoms with E-state index in [0.717, 1.165) is 11.1 Å². The van der Waals surface area contributed by atoms with E-state index in [-0.39, 0.29) is 18.5 Å². The van der Waals surface area contributed by atoms with Crippen LogP contribution in [0.4, 0.5) is 16.2 Å². The molecule has 150 valence electrons. The zero-order chi connectivity index (χ0) is 21.3. The van der Waals surface area contributed by atoms with E-state index >= 15 is 0 Å². The minimum atomic E-state index is -0.381. The topological polar surface area (TPSA) is 120 Å². The predicted molar refractivity (Wildman–Crippen MR) is 116 cm³/mol. The fourth-order valence-electron chi connectivity index (χ4n) is 2.79. The van der Waals surface area contributed by atoms with Gasteiger partial charge in [-0.3, -0.25) is 4.79 Å². The average Bonchev–Trinajstić information content (AvgIpc) is 2.78. The van der Waals surface area contributed by atoms with Gasteiger partial charge in [0, 0.05) is 30.0 Å². The van der Waals surface area contributed by atoms with Gasteiger partial charge in [-0.2, -0.15) is 5.26 Å². The van der Waals surface area contributed by atoms with E-state index in [0.29, 0.717) is 29.0 Å². The lowest BCUT2D eigenvalue weighted by Gasteiger charge is -2.10. The summed E-state index contributed by atoms with van der Waals surface area (Å²) in [5, 5.41) is 17.1. The highest BCUT2D eigenvalue weighted by Gasteiger charge is 2.08. The first-order valence-electron chi connectivity index (χ1n) is 9.31. The van der Waals surface area contributed by atoms with Gasteiger partial charge >= 0.3 is 6.03 Å². The van der Waals surface area contributed by atoms with Crippen molar-refractivity contribution in [2.45, 2.75) is 13.1 Å². The monoisotopic (exact) mass is 399 g/mol. The molecule has 3 aromatic carbocycles. The first-order valence-corrected chi connectivity index (χ1v) is 9.31. The molecule has 0 heterocycles. The Morgan fingerprint density at radius 1 is 0.867 bits per heavy atom. The lowest BCUT2D eigenvalue weighted by atomic mass is 10.1. The standard InChI is InChI=1S/C23H21N5O2/c24-13-16-7-9-20(10-8-16)28-23(30)26-15-18-4-1-5-19(11-18)22(29)27-21-6-2-3-17(12-21)14-25/h1-12H,14-15,25H2,(H,27,29)(H2,26,28,30). The van der Waals surface area contributed by atoms with Crippen LogP contribution in [-0.4, -0.2) is 11.9 Å². The second kappa shape index (κ2) is 9.87. The number of urea groups is 1. The molecule has 3 aromatic rings. The Morgan fingerprint density at radius 3 is 2.33 bits per heavy atom. The maximum atomic E-state index is 12.5. The molecule has 0 atom stereocenters.